The van der Waals surface area contributed by atoms with Gasteiger partial charge in [-0.1, -0.05) is 48.5 Å². The minimum absolute atomic E-state index is 0.672. The van der Waals surface area contributed by atoms with Gasteiger partial charge in [-0.2, -0.15) is 0 Å². The first-order valence-electron chi connectivity index (χ1n) is 9.62. The van der Waals surface area contributed by atoms with Crippen LogP contribution in [0.2, 0.25) is 0 Å². The number of ether oxygens (including phenoxy) is 1. The van der Waals surface area contributed by atoms with E-state index in [1.165, 1.54) is 43.2 Å². The SMILES string of the molecule is c1ccc(COc2ccccc2C2C3CC4CC(C3)CC2C4)cc1. The minimum Gasteiger partial charge on any atom is -0.489 e. The Kier molecular flexibility index (Phi) is 3.61. The second kappa shape index (κ2) is 5.95. The molecule has 4 bridgehead atoms. The zero-order valence-electron chi connectivity index (χ0n) is 14.2. The number of rotatable bonds is 4. The standard InChI is InChI=1S/C23H26O/c1-2-6-16(7-3-1)15-24-22-9-5-4-8-21(22)23-19-11-17-10-18(13-19)14-20(23)12-17/h1-9,17-20,23H,10-15H2. The number of hydrogen-bond donors (Lipinski definition) is 0. The molecule has 1 nitrogen and oxygen atoms in total. The lowest BCUT2D eigenvalue weighted by Crippen LogP contribution is -2.43. The summed E-state index contributed by atoms with van der Waals surface area (Å²) in [5.74, 6) is 5.73. The summed E-state index contributed by atoms with van der Waals surface area (Å²) in [5.41, 5.74) is 2.74. The fraction of sp³-hybridized carbons (Fsp3) is 0.478. The van der Waals surface area contributed by atoms with E-state index >= 15 is 0 Å². The monoisotopic (exact) mass is 318 g/mol. The summed E-state index contributed by atoms with van der Waals surface area (Å²) in [4.78, 5) is 0. The first kappa shape index (κ1) is 14.6. The summed E-state index contributed by atoms with van der Waals surface area (Å²) in [6.45, 7) is 0.672. The third kappa shape index (κ3) is 2.55. The Bertz CT molecular complexity index is 677. The van der Waals surface area contributed by atoms with Gasteiger partial charge in [-0.3, -0.25) is 0 Å². The summed E-state index contributed by atoms with van der Waals surface area (Å²) >= 11 is 0. The number of hydrogen-bond acceptors (Lipinski definition) is 1. The molecule has 0 aromatic heterocycles. The third-order valence-electron chi connectivity index (χ3n) is 6.74. The van der Waals surface area contributed by atoms with E-state index in [1.54, 1.807) is 0 Å². The van der Waals surface area contributed by atoms with Crippen molar-refractivity contribution >= 4 is 0 Å². The molecule has 0 saturated heterocycles. The molecule has 2 aromatic rings. The highest BCUT2D eigenvalue weighted by molar-refractivity contribution is 5.38. The van der Waals surface area contributed by atoms with Crippen molar-refractivity contribution in [2.45, 2.75) is 44.6 Å². The van der Waals surface area contributed by atoms with Gasteiger partial charge in [0.15, 0.2) is 0 Å². The molecular formula is C23H26O. The highest BCUT2D eigenvalue weighted by atomic mass is 16.5. The van der Waals surface area contributed by atoms with Crippen LogP contribution in [0.25, 0.3) is 0 Å². The van der Waals surface area contributed by atoms with Crippen LogP contribution >= 0.6 is 0 Å². The molecule has 6 rings (SSSR count). The van der Waals surface area contributed by atoms with Gasteiger partial charge in [-0.25, -0.2) is 0 Å². The average Bonchev–Trinajstić information content (AvgIpc) is 2.61. The van der Waals surface area contributed by atoms with Crippen molar-refractivity contribution in [1.29, 1.82) is 0 Å². The van der Waals surface area contributed by atoms with E-state index in [-0.39, 0.29) is 0 Å². The minimum atomic E-state index is 0.672. The van der Waals surface area contributed by atoms with Crippen LogP contribution in [0.5, 0.6) is 5.75 Å². The molecule has 1 heteroatoms. The van der Waals surface area contributed by atoms with E-state index in [4.69, 9.17) is 4.74 Å². The zero-order valence-corrected chi connectivity index (χ0v) is 14.2. The summed E-state index contributed by atoms with van der Waals surface area (Å²) in [5, 5.41) is 0. The number of benzene rings is 2. The van der Waals surface area contributed by atoms with Crippen molar-refractivity contribution in [3.05, 3.63) is 65.7 Å². The predicted octanol–water partition coefficient (Wildman–Crippen LogP) is 5.81. The van der Waals surface area contributed by atoms with Crippen LogP contribution in [0, 0.1) is 23.7 Å². The molecule has 4 saturated carbocycles. The molecule has 0 amide bonds. The smallest absolute Gasteiger partial charge is 0.123 e. The Hall–Kier alpha value is -1.76. The van der Waals surface area contributed by atoms with Gasteiger partial charge in [0.05, 0.1) is 0 Å². The van der Waals surface area contributed by atoms with Crippen LogP contribution in [0.4, 0.5) is 0 Å². The lowest BCUT2D eigenvalue weighted by molar-refractivity contribution is -0.00369. The molecule has 2 aromatic carbocycles. The molecule has 124 valence electrons. The van der Waals surface area contributed by atoms with Crippen LogP contribution in [-0.2, 0) is 6.61 Å². The highest BCUT2D eigenvalue weighted by Crippen LogP contribution is 2.60. The van der Waals surface area contributed by atoms with Gasteiger partial charge in [-0.05, 0) is 78.9 Å². The van der Waals surface area contributed by atoms with Gasteiger partial charge in [0.2, 0.25) is 0 Å². The highest BCUT2D eigenvalue weighted by Gasteiger charge is 2.49. The van der Waals surface area contributed by atoms with Crippen molar-refractivity contribution in [3.8, 4) is 5.75 Å². The van der Waals surface area contributed by atoms with Gasteiger partial charge in [0.1, 0.15) is 12.4 Å². The Balaban J connectivity index is 1.40. The molecule has 0 unspecified atom stereocenters. The largest absolute Gasteiger partial charge is 0.489 e. The van der Waals surface area contributed by atoms with E-state index in [9.17, 15) is 0 Å². The quantitative estimate of drug-likeness (QED) is 0.691. The normalized spacial score (nSPS) is 33.6. The van der Waals surface area contributed by atoms with Crippen LogP contribution < -0.4 is 4.74 Å². The molecule has 0 radical (unpaired) electrons. The first-order chi connectivity index (χ1) is 11.9. The van der Waals surface area contributed by atoms with Gasteiger partial charge >= 0.3 is 0 Å². The van der Waals surface area contributed by atoms with E-state index in [2.05, 4.69) is 54.6 Å². The van der Waals surface area contributed by atoms with Gasteiger partial charge in [0, 0.05) is 0 Å². The lowest BCUT2D eigenvalue weighted by atomic mass is 9.50. The topological polar surface area (TPSA) is 9.23 Å². The average molecular weight is 318 g/mol. The van der Waals surface area contributed by atoms with Crippen molar-refractivity contribution in [2.75, 3.05) is 0 Å². The Morgan fingerprint density at radius 1 is 0.708 bits per heavy atom. The van der Waals surface area contributed by atoms with Crippen LogP contribution in [0.15, 0.2) is 54.6 Å². The molecule has 4 aliphatic rings. The lowest BCUT2D eigenvalue weighted by Gasteiger charge is -2.54. The van der Waals surface area contributed by atoms with E-state index < -0.39 is 0 Å². The van der Waals surface area contributed by atoms with Crippen molar-refractivity contribution in [1.82, 2.24) is 0 Å². The summed E-state index contributed by atoms with van der Waals surface area (Å²) in [6.07, 6.45) is 7.37. The maximum atomic E-state index is 6.28. The van der Waals surface area contributed by atoms with Gasteiger partial charge < -0.3 is 4.74 Å². The summed E-state index contributed by atoms with van der Waals surface area (Å²) in [6, 6.07) is 19.4. The van der Waals surface area contributed by atoms with E-state index in [0.29, 0.717) is 6.61 Å². The molecule has 0 N–H and O–H groups in total. The zero-order chi connectivity index (χ0) is 15.9. The van der Waals surface area contributed by atoms with Crippen molar-refractivity contribution in [2.24, 2.45) is 23.7 Å². The van der Waals surface area contributed by atoms with Crippen LogP contribution in [0.3, 0.4) is 0 Å². The molecule has 0 heterocycles. The predicted molar refractivity (Wildman–Crippen MR) is 97.0 cm³/mol. The van der Waals surface area contributed by atoms with Gasteiger partial charge in [0.25, 0.3) is 0 Å². The molecule has 0 aliphatic heterocycles. The van der Waals surface area contributed by atoms with Crippen LogP contribution in [0.1, 0.15) is 49.1 Å². The van der Waals surface area contributed by atoms with Gasteiger partial charge in [-0.15, -0.1) is 0 Å². The van der Waals surface area contributed by atoms with Crippen LogP contribution in [-0.4, -0.2) is 0 Å². The van der Waals surface area contributed by atoms with E-state index in [0.717, 1.165) is 35.3 Å². The Morgan fingerprint density at radius 2 is 1.33 bits per heavy atom. The first-order valence-corrected chi connectivity index (χ1v) is 9.62. The summed E-state index contributed by atoms with van der Waals surface area (Å²) in [7, 11) is 0. The maximum Gasteiger partial charge on any atom is 0.123 e. The molecular weight excluding hydrogens is 292 g/mol. The van der Waals surface area contributed by atoms with Crippen molar-refractivity contribution < 1.29 is 4.74 Å². The second-order valence-corrected chi connectivity index (χ2v) is 8.27. The Morgan fingerprint density at radius 3 is 2.04 bits per heavy atom. The fourth-order valence-electron chi connectivity index (χ4n) is 6.06. The number of para-hydroxylation sites is 1. The molecule has 0 spiro atoms. The molecule has 4 aliphatic carbocycles. The molecule has 24 heavy (non-hydrogen) atoms. The molecule has 0 atom stereocenters. The molecule has 4 fully saturated rings. The summed E-state index contributed by atoms with van der Waals surface area (Å²) < 4.78 is 6.28. The second-order valence-electron chi connectivity index (χ2n) is 8.27. The third-order valence-corrected chi connectivity index (χ3v) is 6.74. The fourth-order valence-corrected chi connectivity index (χ4v) is 6.06. The maximum absolute atomic E-state index is 6.28. The Labute approximate surface area is 145 Å². The van der Waals surface area contributed by atoms with E-state index in [1.807, 2.05) is 0 Å². The van der Waals surface area contributed by atoms with Crippen molar-refractivity contribution in [3.63, 3.8) is 0 Å².